The number of ether oxygens (including phenoxy) is 2. The lowest BCUT2D eigenvalue weighted by molar-refractivity contribution is -0.0367. The van der Waals surface area contributed by atoms with Crippen LogP contribution in [0, 0.1) is 5.92 Å². The number of guanidine groups is 1. The average Bonchev–Trinajstić information content (AvgIpc) is 3.09. The lowest BCUT2D eigenvalue weighted by Crippen LogP contribution is -2.48. The molecule has 3 aliphatic rings. The molecule has 0 amide bonds. The zero-order valence-electron chi connectivity index (χ0n) is 14.8. The van der Waals surface area contributed by atoms with Gasteiger partial charge in [-0.25, -0.2) is 0 Å². The molecule has 2 saturated heterocycles. The maximum Gasteiger partial charge on any atom is 0.193 e. The van der Waals surface area contributed by atoms with E-state index in [1.807, 2.05) is 7.05 Å². The second kappa shape index (κ2) is 8.34. The number of nitrogens with zero attached hydrogens (tertiary/aromatic N) is 2. The highest BCUT2D eigenvalue weighted by molar-refractivity contribution is 5.80. The van der Waals surface area contributed by atoms with Crippen LogP contribution in [0.25, 0.3) is 0 Å². The molecule has 0 bridgehead atoms. The van der Waals surface area contributed by atoms with E-state index in [1.165, 1.54) is 25.7 Å². The van der Waals surface area contributed by atoms with E-state index in [-0.39, 0.29) is 0 Å². The van der Waals surface area contributed by atoms with Crippen molar-refractivity contribution < 1.29 is 9.47 Å². The summed E-state index contributed by atoms with van der Waals surface area (Å²) >= 11 is 0. The molecule has 5 heteroatoms. The van der Waals surface area contributed by atoms with Crippen molar-refractivity contribution >= 4 is 5.96 Å². The molecule has 0 aromatic heterocycles. The van der Waals surface area contributed by atoms with Crippen molar-refractivity contribution in [2.24, 2.45) is 10.9 Å². The van der Waals surface area contributed by atoms with Crippen molar-refractivity contribution in [2.45, 2.75) is 70.1 Å². The Morgan fingerprint density at radius 2 is 2.13 bits per heavy atom. The number of aliphatic imine (C=N–C) groups is 1. The average molecular weight is 323 g/mol. The smallest absolute Gasteiger partial charge is 0.193 e. The molecule has 0 aromatic rings. The van der Waals surface area contributed by atoms with Crippen LogP contribution < -0.4 is 5.32 Å². The molecular formula is C18H33N3O2. The second-order valence-corrected chi connectivity index (χ2v) is 7.24. The van der Waals surface area contributed by atoms with Crippen LogP contribution in [0.2, 0.25) is 0 Å². The van der Waals surface area contributed by atoms with Crippen LogP contribution in [0.1, 0.15) is 51.9 Å². The molecule has 2 aliphatic heterocycles. The van der Waals surface area contributed by atoms with Gasteiger partial charge in [-0.05, 0) is 44.4 Å². The summed E-state index contributed by atoms with van der Waals surface area (Å²) in [5, 5.41) is 3.65. The lowest BCUT2D eigenvalue weighted by atomic mass is 10.1. The predicted octanol–water partition coefficient (Wildman–Crippen LogP) is 2.41. The first-order valence-electron chi connectivity index (χ1n) is 9.51. The van der Waals surface area contributed by atoms with E-state index in [4.69, 9.17) is 9.47 Å². The van der Waals surface area contributed by atoms with Crippen LogP contribution in [0.4, 0.5) is 0 Å². The molecule has 1 aliphatic carbocycles. The Hall–Kier alpha value is -0.810. The molecule has 3 fully saturated rings. The van der Waals surface area contributed by atoms with E-state index < -0.39 is 0 Å². The van der Waals surface area contributed by atoms with Crippen molar-refractivity contribution in [3.8, 4) is 0 Å². The van der Waals surface area contributed by atoms with Gasteiger partial charge in [0.2, 0.25) is 0 Å². The predicted molar refractivity (Wildman–Crippen MR) is 92.8 cm³/mol. The summed E-state index contributed by atoms with van der Waals surface area (Å²) in [5.41, 5.74) is 0. The van der Waals surface area contributed by atoms with Gasteiger partial charge in [-0.3, -0.25) is 4.99 Å². The Morgan fingerprint density at radius 1 is 1.30 bits per heavy atom. The molecule has 2 heterocycles. The maximum absolute atomic E-state index is 6.06. The van der Waals surface area contributed by atoms with Crippen molar-refractivity contribution in [3.05, 3.63) is 0 Å². The Morgan fingerprint density at radius 3 is 2.78 bits per heavy atom. The Labute approximate surface area is 140 Å². The summed E-state index contributed by atoms with van der Waals surface area (Å²) in [6, 6.07) is 0.655. The highest BCUT2D eigenvalue weighted by Gasteiger charge is 2.37. The molecule has 0 radical (unpaired) electrons. The first-order chi connectivity index (χ1) is 11.3. The van der Waals surface area contributed by atoms with Crippen molar-refractivity contribution in [3.63, 3.8) is 0 Å². The van der Waals surface area contributed by atoms with E-state index in [2.05, 4.69) is 22.1 Å². The largest absolute Gasteiger partial charge is 0.376 e. The molecule has 3 atom stereocenters. The Bertz CT molecular complexity index is 388. The third kappa shape index (κ3) is 4.83. The van der Waals surface area contributed by atoms with Crippen LogP contribution >= 0.6 is 0 Å². The van der Waals surface area contributed by atoms with Crippen LogP contribution in [0.5, 0.6) is 0 Å². The van der Waals surface area contributed by atoms with Gasteiger partial charge in [0.1, 0.15) is 0 Å². The summed E-state index contributed by atoms with van der Waals surface area (Å²) in [6.07, 6.45) is 9.21. The van der Waals surface area contributed by atoms with E-state index >= 15 is 0 Å². The molecule has 1 saturated carbocycles. The number of hydrogen-bond acceptors (Lipinski definition) is 3. The highest BCUT2D eigenvalue weighted by atomic mass is 16.5. The van der Waals surface area contributed by atoms with Gasteiger partial charge >= 0.3 is 0 Å². The van der Waals surface area contributed by atoms with E-state index in [0.717, 1.165) is 57.4 Å². The quantitative estimate of drug-likeness (QED) is 0.602. The number of nitrogens with one attached hydrogen (secondary N) is 1. The molecule has 132 valence electrons. The minimum Gasteiger partial charge on any atom is -0.376 e. The SMILES string of the molecule is CCC[C@@H]1C[C@@H]1NC(=NC)N1CCC(OC[C@@H]2CCCO2)CC1. The third-order valence-electron chi connectivity index (χ3n) is 5.39. The van der Waals surface area contributed by atoms with Gasteiger partial charge < -0.3 is 19.7 Å². The molecular weight excluding hydrogens is 290 g/mol. The minimum absolute atomic E-state index is 0.341. The van der Waals surface area contributed by atoms with Gasteiger partial charge in [0.25, 0.3) is 0 Å². The normalized spacial score (nSPS) is 32.3. The molecule has 1 N–H and O–H groups in total. The number of piperidine rings is 1. The van der Waals surface area contributed by atoms with E-state index in [9.17, 15) is 0 Å². The van der Waals surface area contributed by atoms with Crippen LogP contribution in [-0.2, 0) is 9.47 Å². The fraction of sp³-hybridized carbons (Fsp3) is 0.944. The van der Waals surface area contributed by atoms with Crippen molar-refractivity contribution in [1.29, 1.82) is 0 Å². The van der Waals surface area contributed by atoms with Crippen LogP contribution in [0.15, 0.2) is 4.99 Å². The molecule has 5 nitrogen and oxygen atoms in total. The highest BCUT2D eigenvalue weighted by Crippen LogP contribution is 2.34. The number of rotatable bonds is 6. The van der Waals surface area contributed by atoms with Gasteiger partial charge in [0, 0.05) is 32.8 Å². The van der Waals surface area contributed by atoms with Gasteiger partial charge in [-0.1, -0.05) is 13.3 Å². The third-order valence-corrected chi connectivity index (χ3v) is 5.39. The zero-order chi connectivity index (χ0) is 16.1. The first kappa shape index (κ1) is 17.0. The first-order valence-corrected chi connectivity index (χ1v) is 9.51. The van der Waals surface area contributed by atoms with Crippen LogP contribution in [0.3, 0.4) is 0 Å². The fourth-order valence-corrected chi connectivity index (χ4v) is 3.83. The summed E-state index contributed by atoms with van der Waals surface area (Å²) in [5.74, 6) is 1.95. The fourth-order valence-electron chi connectivity index (χ4n) is 3.83. The van der Waals surface area contributed by atoms with Gasteiger partial charge in [0.15, 0.2) is 5.96 Å². The number of likely N-dealkylation sites (tertiary alicyclic amines) is 1. The molecule has 23 heavy (non-hydrogen) atoms. The van der Waals surface area contributed by atoms with Gasteiger partial charge in [-0.15, -0.1) is 0 Å². The van der Waals surface area contributed by atoms with Gasteiger partial charge in [0.05, 0.1) is 18.8 Å². The zero-order valence-corrected chi connectivity index (χ0v) is 14.8. The Balaban J connectivity index is 1.35. The van der Waals surface area contributed by atoms with E-state index in [1.54, 1.807) is 0 Å². The Kier molecular flexibility index (Phi) is 6.17. The van der Waals surface area contributed by atoms with Crippen molar-refractivity contribution in [2.75, 3.05) is 33.4 Å². The number of hydrogen-bond donors (Lipinski definition) is 1. The molecule has 0 spiro atoms. The summed E-state index contributed by atoms with van der Waals surface area (Å²) in [6.45, 7) is 6.04. The molecule has 3 rings (SSSR count). The van der Waals surface area contributed by atoms with Crippen molar-refractivity contribution in [1.82, 2.24) is 10.2 Å². The maximum atomic E-state index is 6.06. The summed E-state index contributed by atoms with van der Waals surface area (Å²) in [7, 11) is 1.90. The topological polar surface area (TPSA) is 46.1 Å². The van der Waals surface area contributed by atoms with Gasteiger partial charge in [-0.2, -0.15) is 0 Å². The molecule has 0 aromatic carbocycles. The standard InChI is InChI=1S/C18H33N3O2/c1-3-5-14-12-17(14)20-18(19-2)21-9-7-15(8-10-21)23-13-16-6-4-11-22-16/h14-17H,3-13H2,1-2H3,(H,19,20)/t14-,16+,17+/m1/s1. The monoisotopic (exact) mass is 323 g/mol. The minimum atomic E-state index is 0.341. The lowest BCUT2D eigenvalue weighted by Gasteiger charge is -2.34. The van der Waals surface area contributed by atoms with Crippen LogP contribution in [-0.4, -0.2) is 62.5 Å². The van der Waals surface area contributed by atoms with E-state index in [0.29, 0.717) is 18.2 Å². The second-order valence-electron chi connectivity index (χ2n) is 7.24. The molecule has 0 unspecified atom stereocenters. The summed E-state index contributed by atoms with van der Waals surface area (Å²) in [4.78, 5) is 6.89. The summed E-state index contributed by atoms with van der Waals surface area (Å²) < 4.78 is 11.7.